The van der Waals surface area contributed by atoms with E-state index < -0.39 is 11.9 Å². The number of nitrogens with zero attached hydrogens (tertiary/aromatic N) is 1. The normalized spacial score (nSPS) is 11.6. The van der Waals surface area contributed by atoms with E-state index >= 15 is 0 Å². The molecule has 3 aromatic rings. The van der Waals surface area contributed by atoms with Gasteiger partial charge in [0.2, 0.25) is 11.8 Å². The third kappa shape index (κ3) is 6.65. The van der Waals surface area contributed by atoms with Crippen LogP contribution in [0.25, 0.3) is 0 Å². The van der Waals surface area contributed by atoms with E-state index in [0.29, 0.717) is 13.0 Å². The molecule has 0 aliphatic heterocycles. The van der Waals surface area contributed by atoms with Crippen LogP contribution in [0, 0.1) is 12.7 Å². The van der Waals surface area contributed by atoms with Crippen LogP contribution in [0.4, 0.5) is 4.39 Å². The molecule has 0 aliphatic rings. The van der Waals surface area contributed by atoms with Gasteiger partial charge in [0.25, 0.3) is 0 Å². The molecule has 33 heavy (non-hydrogen) atoms. The molecule has 0 fully saturated rings. The molecule has 172 valence electrons. The van der Waals surface area contributed by atoms with Crippen molar-refractivity contribution in [3.8, 4) is 0 Å². The van der Waals surface area contributed by atoms with Crippen LogP contribution in [-0.4, -0.2) is 29.3 Å². The van der Waals surface area contributed by atoms with Crippen molar-refractivity contribution in [1.29, 1.82) is 0 Å². The number of rotatable bonds is 9. The van der Waals surface area contributed by atoms with Crippen LogP contribution in [0.1, 0.15) is 29.2 Å². The third-order valence-electron chi connectivity index (χ3n) is 5.49. The Morgan fingerprint density at radius 3 is 2.30 bits per heavy atom. The first-order chi connectivity index (χ1) is 15.9. The van der Waals surface area contributed by atoms with Gasteiger partial charge in [-0.15, -0.1) is 0 Å². The summed E-state index contributed by atoms with van der Waals surface area (Å²) < 4.78 is 14.4. The van der Waals surface area contributed by atoms with Gasteiger partial charge in [0.1, 0.15) is 11.9 Å². The lowest BCUT2D eigenvalue weighted by Gasteiger charge is -2.31. The molecule has 1 atom stereocenters. The number of nitrogens with one attached hydrogen (secondary N) is 1. The minimum absolute atomic E-state index is 0.132. The van der Waals surface area contributed by atoms with Crippen LogP contribution in [0.2, 0.25) is 5.02 Å². The molecule has 0 radical (unpaired) electrons. The molecule has 6 heteroatoms. The minimum Gasteiger partial charge on any atom is -0.355 e. The van der Waals surface area contributed by atoms with Gasteiger partial charge in [0, 0.05) is 30.1 Å². The van der Waals surface area contributed by atoms with Crippen LogP contribution in [0.3, 0.4) is 0 Å². The van der Waals surface area contributed by atoms with Gasteiger partial charge in [-0.05, 0) is 37.1 Å². The van der Waals surface area contributed by atoms with E-state index in [1.807, 2.05) is 68.4 Å². The summed E-state index contributed by atoms with van der Waals surface area (Å²) in [5.41, 5.74) is 3.04. The van der Waals surface area contributed by atoms with Gasteiger partial charge in [-0.2, -0.15) is 0 Å². The van der Waals surface area contributed by atoms with Crippen molar-refractivity contribution >= 4 is 23.4 Å². The Morgan fingerprint density at radius 2 is 1.67 bits per heavy atom. The second-order valence-corrected chi connectivity index (χ2v) is 8.39. The quantitative estimate of drug-likeness (QED) is 0.476. The number of hydrogen-bond acceptors (Lipinski definition) is 2. The fourth-order valence-corrected chi connectivity index (χ4v) is 3.92. The number of hydrogen-bond donors (Lipinski definition) is 1. The molecular weight excluding hydrogens is 439 g/mol. The second-order valence-electron chi connectivity index (χ2n) is 7.98. The van der Waals surface area contributed by atoms with Gasteiger partial charge >= 0.3 is 0 Å². The van der Waals surface area contributed by atoms with E-state index in [-0.39, 0.29) is 35.4 Å². The van der Waals surface area contributed by atoms with Gasteiger partial charge in [0.05, 0.1) is 6.42 Å². The molecule has 0 bridgehead atoms. The Hall–Kier alpha value is -3.18. The first-order valence-corrected chi connectivity index (χ1v) is 11.4. The summed E-state index contributed by atoms with van der Waals surface area (Å²) in [5, 5.41) is 3.04. The molecule has 4 nitrogen and oxygen atoms in total. The summed E-state index contributed by atoms with van der Waals surface area (Å²) in [7, 11) is 0. The molecule has 3 rings (SSSR count). The molecule has 0 aromatic heterocycles. The maximum atomic E-state index is 14.4. The van der Waals surface area contributed by atoms with Crippen molar-refractivity contribution in [3.05, 3.63) is 106 Å². The summed E-state index contributed by atoms with van der Waals surface area (Å²) >= 11 is 6.19. The lowest BCUT2D eigenvalue weighted by Crippen LogP contribution is -2.51. The van der Waals surface area contributed by atoms with Gasteiger partial charge in [-0.1, -0.05) is 77.8 Å². The fourth-order valence-electron chi connectivity index (χ4n) is 3.69. The molecule has 0 spiro atoms. The van der Waals surface area contributed by atoms with Gasteiger partial charge in [-0.25, -0.2) is 4.39 Å². The zero-order valence-electron chi connectivity index (χ0n) is 18.9. The average molecular weight is 467 g/mol. The van der Waals surface area contributed by atoms with Crippen LogP contribution in [-0.2, 0) is 29.0 Å². The molecule has 0 heterocycles. The van der Waals surface area contributed by atoms with Crippen LogP contribution in [0.5, 0.6) is 0 Å². The summed E-state index contributed by atoms with van der Waals surface area (Å²) in [5.74, 6) is -1.15. The highest BCUT2D eigenvalue weighted by Gasteiger charge is 2.31. The van der Waals surface area contributed by atoms with E-state index in [1.54, 1.807) is 6.07 Å². The monoisotopic (exact) mass is 466 g/mol. The lowest BCUT2D eigenvalue weighted by atomic mass is 10.0. The summed E-state index contributed by atoms with van der Waals surface area (Å²) in [6.07, 6.45) is 0.108. The number of likely N-dealkylation sites (N-methyl/N-ethyl adjacent to an activating group) is 1. The zero-order chi connectivity index (χ0) is 23.8. The zero-order valence-corrected chi connectivity index (χ0v) is 19.6. The van der Waals surface area contributed by atoms with Crippen molar-refractivity contribution in [2.24, 2.45) is 0 Å². The molecule has 1 N–H and O–H groups in total. The first kappa shape index (κ1) is 24.5. The Kier molecular flexibility index (Phi) is 8.61. The lowest BCUT2D eigenvalue weighted by molar-refractivity contribution is -0.140. The predicted octanol–water partition coefficient (Wildman–Crippen LogP) is 5.11. The van der Waals surface area contributed by atoms with E-state index in [2.05, 4.69) is 5.32 Å². The van der Waals surface area contributed by atoms with Gasteiger partial charge < -0.3 is 10.2 Å². The minimum atomic E-state index is -0.758. The van der Waals surface area contributed by atoms with Gasteiger partial charge in [-0.3, -0.25) is 9.59 Å². The smallest absolute Gasteiger partial charge is 0.243 e. The first-order valence-electron chi connectivity index (χ1n) is 11.0. The highest BCUT2D eigenvalue weighted by atomic mass is 35.5. The Labute approximate surface area is 199 Å². The topological polar surface area (TPSA) is 49.4 Å². The summed E-state index contributed by atoms with van der Waals surface area (Å²) in [6.45, 7) is 4.48. The molecule has 1 unspecified atom stereocenters. The average Bonchev–Trinajstić information content (AvgIpc) is 2.80. The maximum Gasteiger partial charge on any atom is 0.243 e. The van der Waals surface area contributed by atoms with E-state index in [4.69, 9.17) is 11.6 Å². The van der Waals surface area contributed by atoms with Gasteiger partial charge in [0.15, 0.2) is 0 Å². The van der Waals surface area contributed by atoms with Crippen molar-refractivity contribution < 1.29 is 14.0 Å². The number of amides is 2. The van der Waals surface area contributed by atoms with Crippen molar-refractivity contribution in [3.63, 3.8) is 0 Å². The van der Waals surface area contributed by atoms with Crippen LogP contribution in [0.15, 0.2) is 72.8 Å². The molecule has 0 aliphatic carbocycles. The van der Waals surface area contributed by atoms with Crippen LogP contribution >= 0.6 is 11.6 Å². The fraction of sp³-hybridized carbons (Fsp3) is 0.259. The molecule has 0 saturated carbocycles. The molecular formula is C27H28ClFN2O2. The van der Waals surface area contributed by atoms with Crippen molar-refractivity contribution in [2.75, 3.05) is 6.54 Å². The highest BCUT2D eigenvalue weighted by molar-refractivity contribution is 6.31. The number of carbonyl (C=O) groups is 2. The van der Waals surface area contributed by atoms with E-state index in [9.17, 15) is 14.0 Å². The molecule has 2 amide bonds. The molecule has 3 aromatic carbocycles. The Morgan fingerprint density at radius 1 is 0.970 bits per heavy atom. The molecule has 0 saturated heterocycles. The second kappa shape index (κ2) is 11.6. The largest absolute Gasteiger partial charge is 0.355 e. The number of carbonyl (C=O) groups excluding carboxylic acids is 2. The highest BCUT2D eigenvalue weighted by Crippen LogP contribution is 2.22. The van der Waals surface area contributed by atoms with Crippen molar-refractivity contribution in [1.82, 2.24) is 10.2 Å². The predicted molar refractivity (Wildman–Crippen MR) is 129 cm³/mol. The SMILES string of the molecule is CCNC(=O)C(Cc1ccccc1)N(Cc1ccc(C)cc1)C(=O)Cc1c(F)cccc1Cl. The summed E-state index contributed by atoms with van der Waals surface area (Å²) in [6, 6.07) is 20.9. The van der Waals surface area contributed by atoms with Crippen molar-refractivity contribution in [2.45, 2.75) is 39.3 Å². The van der Waals surface area contributed by atoms with E-state index in [0.717, 1.165) is 16.7 Å². The maximum absolute atomic E-state index is 14.4. The van der Waals surface area contributed by atoms with E-state index in [1.165, 1.54) is 17.0 Å². The Bertz CT molecular complexity index is 1070. The number of aryl methyl sites for hydroxylation is 1. The summed E-state index contributed by atoms with van der Waals surface area (Å²) in [4.78, 5) is 28.2. The Balaban J connectivity index is 1.98. The van der Waals surface area contributed by atoms with Crippen LogP contribution < -0.4 is 5.32 Å². The number of halogens is 2. The third-order valence-corrected chi connectivity index (χ3v) is 5.84. The number of benzene rings is 3. The standard InChI is InChI=1S/C27H28ClFN2O2/c1-3-30-27(33)25(16-20-8-5-4-6-9-20)31(18-21-14-12-19(2)13-15-21)26(32)17-22-23(28)10-7-11-24(22)29/h4-15,25H,3,16-18H2,1-2H3,(H,30,33).